The number of hydrogen-bond acceptors (Lipinski definition) is 5. The number of nitrogens with two attached hydrogens (primary N) is 1. The Labute approximate surface area is 162 Å². The maximum Gasteiger partial charge on any atom is 0.221 e. The number of anilines is 1. The molecule has 0 aliphatic rings. The summed E-state index contributed by atoms with van der Waals surface area (Å²) in [6.45, 7) is 4.17. The van der Waals surface area contributed by atoms with Crippen molar-refractivity contribution >= 4 is 28.6 Å². The Bertz CT molecular complexity index is 1130. The lowest BCUT2D eigenvalue weighted by Gasteiger charge is -2.10. The van der Waals surface area contributed by atoms with E-state index in [4.69, 9.17) is 22.3 Å². The summed E-state index contributed by atoms with van der Waals surface area (Å²) in [6, 6.07) is 17.5. The highest BCUT2D eigenvalue weighted by molar-refractivity contribution is 6.32. The Morgan fingerprint density at radius 3 is 2.33 bits per heavy atom. The fourth-order valence-electron chi connectivity index (χ4n) is 2.94. The topological polar surface area (TPSA) is 77.6 Å². The lowest BCUT2D eigenvalue weighted by Crippen LogP contribution is -2.00. The lowest BCUT2D eigenvalue weighted by molar-refractivity contribution is 0.823. The van der Waals surface area contributed by atoms with E-state index in [2.05, 4.69) is 28.8 Å². The highest BCUT2D eigenvalue weighted by Gasteiger charge is 2.14. The Kier molecular flexibility index (Phi) is 4.46. The van der Waals surface area contributed by atoms with Gasteiger partial charge in [-0.15, -0.1) is 0 Å². The van der Waals surface area contributed by atoms with E-state index in [0.717, 1.165) is 22.5 Å². The third-order valence-electron chi connectivity index (χ3n) is 4.34. The van der Waals surface area contributed by atoms with Crippen molar-refractivity contribution in [2.75, 3.05) is 5.73 Å². The molecule has 0 fully saturated rings. The van der Waals surface area contributed by atoms with Gasteiger partial charge in [0.2, 0.25) is 5.95 Å². The summed E-state index contributed by atoms with van der Waals surface area (Å²) in [7, 11) is 0. The van der Waals surface area contributed by atoms with Gasteiger partial charge in [-0.25, -0.2) is 19.9 Å². The van der Waals surface area contributed by atoms with Crippen molar-refractivity contribution in [2.24, 2.45) is 0 Å². The molecule has 5 nitrogen and oxygen atoms in total. The van der Waals surface area contributed by atoms with Gasteiger partial charge in [0.15, 0.2) is 0 Å². The molecule has 3 aromatic heterocycles. The molecule has 0 atom stereocenters. The highest BCUT2D eigenvalue weighted by atomic mass is 35.5. The SMILES string of the molecule is CC(C)c1ccc(-c2ccc3nc(N)nc(-c4ccccc4)c3n2)c(Cl)n1. The minimum atomic E-state index is 0.219. The number of fused-ring (bicyclic) bond motifs is 1. The Balaban J connectivity index is 1.91. The number of pyridine rings is 2. The molecular weight excluding hydrogens is 358 g/mol. The molecule has 0 aliphatic heterocycles. The van der Waals surface area contributed by atoms with Gasteiger partial charge >= 0.3 is 0 Å². The second kappa shape index (κ2) is 6.93. The van der Waals surface area contributed by atoms with Crippen LogP contribution in [0.25, 0.3) is 33.5 Å². The molecule has 0 amide bonds. The van der Waals surface area contributed by atoms with Crippen LogP contribution in [0.2, 0.25) is 5.15 Å². The Hall–Kier alpha value is -3.05. The van der Waals surface area contributed by atoms with E-state index >= 15 is 0 Å². The quantitative estimate of drug-likeness (QED) is 0.503. The highest BCUT2D eigenvalue weighted by Crippen LogP contribution is 2.31. The van der Waals surface area contributed by atoms with E-state index in [1.807, 2.05) is 54.6 Å². The normalized spacial score (nSPS) is 11.3. The van der Waals surface area contributed by atoms with Crippen LogP contribution in [-0.2, 0) is 0 Å². The molecule has 0 aliphatic carbocycles. The van der Waals surface area contributed by atoms with Crippen molar-refractivity contribution in [3.8, 4) is 22.5 Å². The molecule has 0 unspecified atom stereocenters. The van der Waals surface area contributed by atoms with Gasteiger partial charge in [0.05, 0.1) is 11.2 Å². The summed E-state index contributed by atoms with van der Waals surface area (Å²) in [4.78, 5) is 18.0. The fraction of sp³-hybridized carbons (Fsp3) is 0.143. The average Bonchev–Trinajstić information content (AvgIpc) is 2.67. The Morgan fingerprint density at radius 1 is 0.852 bits per heavy atom. The van der Waals surface area contributed by atoms with Crippen LogP contribution in [0.1, 0.15) is 25.5 Å². The standard InChI is InChI=1S/C21H18ClN5/c1-12(2)15-9-8-14(20(22)25-15)16-10-11-17-19(24-16)18(27-21(23)26-17)13-6-4-3-5-7-13/h3-12H,1-2H3,(H2,23,26,27). The van der Waals surface area contributed by atoms with Crippen LogP contribution in [0, 0.1) is 0 Å². The zero-order valence-electron chi connectivity index (χ0n) is 15.0. The molecule has 2 N–H and O–H groups in total. The van der Waals surface area contributed by atoms with Gasteiger partial charge in [-0.05, 0) is 30.2 Å². The molecule has 0 spiro atoms. The van der Waals surface area contributed by atoms with Crippen molar-refractivity contribution < 1.29 is 0 Å². The number of halogens is 1. The van der Waals surface area contributed by atoms with Crippen molar-refractivity contribution in [3.05, 3.63) is 65.4 Å². The molecule has 4 aromatic rings. The number of benzene rings is 1. The summed E-state index contributed by atoms with van der Waals surface area (Å²) in [5, 5.41) is 0.436. The summed E-state index contributed by atoms with van der Waals surface area (Å²) < 4.78 is 0. The van der Waals surface area contributed by atoms with Crippen LogP contribution >= 0.6 is 11.6 Å². The first-order chi connectivity index (χ1) is 13.0. The largest absolute Gasteiger partial charge is 0.368 e. The molecule has 1 aromatic carbocycles. The third kappa shape index (κ3) is 3.34. The molecule has 0 saturated heterocycles. The molecule has 4 rings (SSSR count). The van der Waals surface area contributed by atoms with E-state index < -0.39 is 0 Å². The van der Waals surface area contributed by atoms with Gasteiger partial charge in [-0.2, -0.15) is 0 Å². The van der Waals surface area contributed by atoms with Crippen LogP contribution < -0.4 is 5.73 Å². The van der Waals surface area contributed by atoms with Gasteiger partial charge in [0.1, 0.15) is 16.4 Å². The molecule has 6 heteroatoms. The number of aromatic nitrogens is 4. The number of nitrogen functional groups attached to an aromatic ring is 1. The molecule has 3 heterocycles. The van der Waals surface area contributed by atoms with E-state index in [1.54, 1.807) is 0 Å². The van der Waals surface area contributed by atoms with Crippen molar-refractivity contribution in [1.82, 2.24) is 19.9 Å². The van der Waals surface area contributed by atoms with E-state index in [-0.39, 0.29) is 5.95 Å². The molecule has 0 radical (unpaired) electrons. The predicted octanol–water partition coefficient (Wildman–Crippen LogP) is 5.11. The van der Waals surface area contributed by atoms with Crippen molar-refractivity contribution in [1.29, 1.82) is 0 Å². The van der Waals surface area contributed by atoms with Crippen LogP contribution in [0.15, 0.2) is 54.6 Å². The van der Waals surface area contributed by atoms with Crippen LogP contribution in [-0.4, -0.2) is 19.9 Å². The maximum absolute atomic E-state index is 6.44. The van der Waals surface area contributed by atoms with Crippen LogP contribution in [0.5, 0.6) is 0 Å². The molecular formula is C21H18ClN5. The lowest BCUT2D eigenvalue weighted by atomic mass is 10.1. The number of hydrogen-bond donors (Lipinski definition) is 1. The molecule has 27 heavy (non-hydrogen) atoms. The summed E-state index contributed by atoms with van der Waals surface area (Å²) in [5.41, 5.74) is 11.3. The molecule has 0 saturated carbocycles. The first-order valence-corrected chi connectivity index (χ1v) is 9.07. The average molecular weight is 376 g/mol. The van der Waals surface area contributed by atoms with E-state index in [9.17, 15) is 0 Å². The fourth-order valence-corrected chi connectivity index (χ4v) is 3.20. The minimum Gasteiger partial charge on any atom is -0.368 e. The van der Waals surface area contributed by atoms with Gasteiger partial charge in [0.25, 0.3) is 0 Å². The zero-order valence-corrected chi connectivity index (χ0v) is 15.8. The summed E-state index contributed by atoms with van der Waals surface area (Å²) >= 11 is 6.44. The van der Waals surface area contributed by atoms with Crippen LogP contribution in [0.4, 0.5) is 5.95 Å². The smallest absolute Gasteiger partial charge is 0.221 e. The van der Waals surface area contributed by atoms with Gasteiger partial charge in [0, 0.05) is 16.8 Å². The number of nitrogens with zero attached hydrogens (tertiary/aromatic N) is 4. The van der Waals surface area contributed by atoms with Gasteiger partial charge < -0.3 is 5.73 Å². The van der Waals surface area contributed by atoms with E-state index in [0.29, 0.717) is 27.8 Å². The Morgan fingerprint density at radius 2 is 1.63 bits per heavy atom. The van der Waals surface area contributed by atoms with Gasteiger partial charge in [-0.1, -0.05) is 55.8 Å². The van der Waals surface area contributed by atoms with Crippen molar-refractivity contribution in [2.45, 2.75) is 19.8 Å². The summed E-state index contributed by atoms with van der Waals surface area (Å²) in [5.74, 6) is 0.527. The first-order valence-electron chi connectivity index (χ1n) is 8.69. The molecule has 134 valence electrons. The summed E-state index contributed by atoms with van der Waals surface area (Å²) in [6.07, 6.45) is 0. The second-order valence-corrected chi connectivity index (χ2v) is 6.95. The second-order valence-electron chi connectivity index (χ2n) is 6.59. The predicted molar refractivity (Wildman–Crippen MR) is 110 cm³/mol. The van der Waals surface area contributed by atoms with Gasteiger partial charge in [-0.3, -0.25) is 0 Å². The first kappa shape index (κ1) is 17.4. The van der Waals surface area contributed by atoms with Crippen LogP contribution in [0.3, 0.4) is 0 Å². The minimum absolute atomic E-state index is 0.219. The maximum atomic E-state index is 6.44. The molecule has 0 bridgehead atoms. The number of rotatable bonds is 3. The third-order valence-corrected chi connectivity index (χ3v) is 4.63. The van der Waals surface area contributed by atoms with E-state index in [1.165, 1.54) is 0 Å². The van der Waals surface area contributed by atoms with Crippen molar-refractivity contribution in [3.63, 3.8) is 0 Å². The zero-order chi connectivity index (χ0) is 19.0. The monoisotopic (exact) mass is 375 g/mol.